The molecule has 1 aliphatic carbocycles. The normalized spacial score (nSPS) is 19.6. The summed E-state index contributed by atoms with van der Waals surface area (Å²) in [7, 11) is 1.83. The van der Waals surface area contributed by atoms with Crippen LogP contribution in [0.4, 0.5) is 0 Å². The van der Waals surface area contributed by atoms with Crippen LogP contribution in [0.2, 0.25) is 0 Å². The lowest BCUT2D eigenvalue weighted by Gasteiger charge is -2.30. The number of pyridine rings is 1. The minimum atomic E-state index is 0. The zero-order valence-corrected chi connectivity index (χ0v) is 19.1. The molecule has 1 fully saturated rings. The summed E-state index contributed by atoms with van der Waals surface area (Å²) in [4.78, 5) is 4.39. The minimum absolute atomic E-state index is 0. The van der Waals surface area contributed by atoms with Crippen LogP contribution in [-0.2, 0) is 6.42 Å². The molecule has 0 amide bonds. The Balaban J connectivity index is 0.00000240. The van der Waals surface area contributed by atoms with Gasteiger partial charge in [0.05, 0.1) is 0 Å². The second-order valence-corrected chi connectivity index (χ2v) is 7.40. The van der Waals surface area contributed by atoms with Gasteiger partial charge >= 0.3 is 0 Å². The first-order chi connectivity index (χ1) is 13.8. The molecule has 2 heterocycles. The van der Waals surface area contributed by atoms with Crippen LogP contribution in [0.5, 0.6) is 0 Å². The highest BCUT2D eigenvalue weighted by Crippen LogP contribution is 2.32. The van der Waals surface area contributed by atoms with Crippen molar-refractivity contribution in [3.05, 3.63) is 66.1 Å². The van der Waals surface area contributed by atoms with Gasteiger partial charge in [-0.2, -0.15) is 0 Å². The minimum Gasteiger partial charge on any atom is -0.356 e. The number of nitrogens with zero attached hydrogens (tertiary/aromatic N) is 4. The van der Waals surface area contributed by atoms with E-state index in [2.05, 4.69) is 56.2 Å². The Bertz CT molecular complexity index is 915. The third kappa shape index (κ3) is 5.46. The van der Waals surface area contributed by atoms with Gasteiger partial charge in [-0.3, -0.25) is 9.39 Å². The number of halogens is 1. The van der Waals surface area contributed by atoms with Gasteiger partial charge in [-0.15, -0.1) is 34.2 Å². The highest BCUT2D eigenvalue weighted by molar-refractivity contribution is 14.0. The van der Waals surface area contributed by atoms with Gasteiger partial charge in [0.15, 0.2) is 11.6 Å². The summed E-state index contributed by atoms with van der Waals surface area (Å²) in [6, 6.07) is 17.3. The Kier molecular flexibility index (Phi) is 7.85. The quantitative estimate of drug-likeness (QED) is 0.316. The number of aliphatic imine (C=N–C) groups is 1. The highest BCUT2D eigenvalue weighted by Gasteiger charge is 2.22. The van der Waals surface area contributed by atoms with Crippen LogP contribution in [0.25, 0.3) is 5.65 Å². The van der Waals surface area contributed by atoms with Gasteiger partial charge in [0.2, 0.25) is 0 Å². The fraction of sp³-hybridized carbons (Fsp3) is 0.409. The molecule has 0 spiro atoms. The average Bonchev–Trinajstić information content (AvgIpc) is 3.17. The largest absolute Gasteiger partial charge is 0.356 e. The number of rotatable bonds is 5. The first-order valence-electron chi connectivity index (χ1n) is 10.1. The molecule has 1 aliphatic rings. The van der Waals surface area contributed by atoms with E-state index < -0.39 is 0 Å². The van der Waals surface area contributed by atoms with Crippen molar-refractivity contribution in [2.75, 3.05) is 13.6 Å². The summed E-state index contributed by atoms with van der Waals surface area (Å²) >= 11 is 0. The fourth-order valence-corrected chi connectivity index (χ4v) is 4.04. The van der Waals surface area contributed by atoms with Crippen LogP contribution in [0.15, 0.2) is 59.7 Å². The molecule has 7 heteroatoms. The number of aromatic nitrogens is 3. The molecule has 0 radical (unpaired) electrons. The lowest BCUT2D eigenvalue weighted by atomic mass is 9.82. The maximum atomic E-state index is 4.39. The van der Waals surface area contributed by atoms with Gasteiger partial charge in [0.25, 0.3) is 0 Å². The number of hydrogen-bond acceptors (Lipinski definition) is 3. The van der Waals surface area contributed by atoms with Crippen LogP contribution in [0.1, 0.15) is 43.0 Å². The van der Waals surface area contributed by atoms with Gasteiger partial charge in [-0.05, 0) is 49.3 Å². The number of fused-ring (bicyclic) bond motifs is 1. The molecular formula is C22H29IN6. The van der Waals surface area contributed by atoms with Crippen LogP contribution in [0, 0.1) is 0 Å². The summed E-state index contributed by atoms with van der Waals surface area (Å²) in [5.41, 5.74) is 2.36. The van der Waals surface area contributed by atoms with Crippen LogP contribution < -0.4 is 10.6 Å². The Labute approximate surface area is 189 Å². The number of nitrogens with one attached hydrogen (secondary N) is 2. The molecule has 1 aromatic carbocycles. The Morgan fingerprint density at radius 1 is 1.03 bits per heavy atom. The zero-order valence-electron chi connectivity index (χ0n) is 16.8. The van der Waals surface area contributed by atoms with Crippen LogP contribution in [0.3, 0.4) is 0 Å². The molecule has 154 valence electrons. The zero-order chi connectivity index (χ0) is 19.2. The van der Waals surface area contributed by atoms with Gasteiger partial charge < -0.3 is 10.6 Å². The fourth-order valence-electron chi connectivity index (χ4n) is 4.04. The maximum absolute atomic E-state index is 4.39. The topological polar surface area (TPSA) is 66.6 Å². The van der Waals surface area contributed by atoms with E-state index in [-0.39, 0.29) is 24.0 Å². The summed E-state index contributed by atoms with van der Waals surface area (Å²) in [6.45, 7) is 0.773. The van der Waals surface area contributed by atoms with E-state index in [4.69, 9.17) is 0 Å². The van der Waals surface area contributed by atoms with E-state index in [9.17, 15) is 0 Å². The standard InChI is InChI=1S/C22H28N6.HI/c1-23-22(24-15-14-21-27-26-20-9-5-6-16-28(20)21)25-19-12-10-18(11-13-19)17-7-3-2-4-8-17;/h2-9,16,18-19H,10-15H2,1H3,(H2,23,24,25);1H. The summed E-state index contributed by atoms with van der Waals surface area (Å²) in [5, 5.41) is 15.5. The predicted molar refractivity (Wildman–Crippen MR) is 128 cm³/mol. The molecule has 1 saturated carbocycles. The monoisotopic (exact) mass is 504 g/mol. The molecule has 0 saturated heterocycles. The van der Waals surface area contributed by atoms with Crippen molar-refractivity contribution in [1.29, 1.82) is 0 Å². The molecule has 4 rings (SSSR count). The van der Waals surface area contributed by atoms with Gasteiger partial charge in [-0.25, -0.2) is 0 Å². The highest BCUT2D eigenvalue weighted by atomic mass is 127. The van der Waals surface area contributed by atoms with Crippen molar-refractivity contribution in [2.45, 2.75) is 44.1 Å². The molecule has 0 unspecified atom stereocenters. The lowest BCUT2D eigenvalue weighted by molar-refractivity contribution is 0.371. The van der Waals surface area contributed by atoms with Gasteiger partial charge in [-0.1, -0.05) is 36.4 Å². The molecule has 0 bridgehead atoms. The molecule has 0 atom stereocenters. The lowest BCUT2D eigenvalue weighted by Crippen LogP contribution is -2.45. The predicted octanol–water partition coefficient (Wildman–Crippen LogP) is 3.78. The molecule has 0 aliphatic heterocycles. The van der Waals surface area contributed by atoms with E-state index in [0.29, 0.717) is 12.0 Å². The maximum Gasteiger partial charge on any atom is 0.191 e. The molecule has 2 N–H and O–H groups in total. The van der Waals surface area contributed by atoms with Crippen molar-refractivity contribution in [3.63, 3.8) is 0 Å². The van der Waals surface area contributed by atoms with E-state index in [1.165, 1.54) is 31.2 Å². The van der Waals surface area contributed by atoms with Gasteiger partial charge in [0.1, 0.15) is 5.82 Å². The van der Waals surface area contributed by atoms with Crippen molar-refractivity contribution in [1.82, 2.24) is 25.2 Å². The Morgan fingerprint density at radius 3 is 2.55 bits per heavy atom. The SMILES string of the molecule is CN=C(NCCc1nnc2ccccn12)NC1CCC(c2ccccc2)CC1.I. The second-order valence-electron chi connectivity index (χ2n) is 7.40. The van der Waals surface area contributed by atoms with E-state index in [1.54, 1.807) is 0 Å². The molecule has 29 heavy (non-hydrogen) atoms. The van der Waals surface area contributed by atoms with E-state index in [0.717, 1.165) is 30.4 Å². The number of hydrogen-bond donors (Lipinski definition) is 2. The van der Waals surface area contributed by atoms with Crippen LogP contribution in [-0.4, -0.2) is 40.2 Å². The van der Waals surface area contributed by atoms with E-state index in [1.807, 2.05) is 35.8 Å². The summed E-state index contributed by atoms with van der Waals surface area (Å²) in [5.74, 6) is 2.52. The molecular weight excluding hydrogens is 475 g/mol. The molecule has 6 nitrogen and oxygen atoms in total. The van der Waals surface area contributed by atoms with Crippen molar-refractivity contribution in [3.8, 4) is 0 Å². The van der Waals surface area contributed by atoms with E-state index >= 15 is 0 Å². The number of guanidine groups is 1. The second kappa shape index (κ2) is 10.6. The third-order valence-corrected chi connectivity index (χ3v) is 5.59. The average molecular weight is 504 g/mol. The van der Waals surface area contributed by atoms with Crippen molar-refractivity contribution < 1.29 is 0 Å². The Hall–Kier alpha value is -2.16. The molecule has 3 aromatic rings. The summed E-state index contributed by atoms with van der Waals surface area (Å²) in [6.07, 6.45) is 7.61. The first kappa shape index (κ1) is 21.5. The summed E-state index contributed by atoms with van der Waals surface area (Å²) < 4.78 is 2.03. The third-order valence-electron chi connectivity index (χ3n) is 5.59. The smallest absolute Gasteiger partial charge is 0.191 e. The van der Waals surface area contributed by atoms with Crippen molar-refractivity contribution in [2.24, 2.45) is 4.99 Å². The Morgan fingerprint density at radius 2 is 1.79 bits per heavy atom. The first-order valence-corrected chi connectivity index (χ1v) is 10.1. The molecule has 2 aromatic heterocycles. The number of benzene rings is 1. The van der Waals surface area contributed by atoms with Crippen LogP contribution >= 0.6 is 24.0 Å². The van der Waals surface area contributed by atoms with Gasteiger partial charge in [0, 0.05) is 32.3 Å². The van der Waals surface area contributed by atoms with Crippen molar-refractivity contribution >= 4 is 35.6 Å².